The largest absolute Gasteiger partial charge is 0.379 e. The van der Waals surface area contributed by atoms with Crippen molar-refractivity contribution in [2.45, 2.75) is 65.5 Å². The summed E-state index contributed by atoms with van der Waals surface area (Å²) in [7, 11) is 0. The van der Waals surface area contributed by atoms with Crippen LogP contribution in [0.25, 0.3) is 0 Å². The normalized spacial score (nSPS) is 13.8. The molecule has 1 rings (SSSR count). The minimum absolute atomic E-state index is 0.226. The van der Waals surface area contributed by atoms with E-state index in [9.17, 15) is 0 Å². The molecule has 114 valence electrons. The lowest BCUT2D eigenvalue weighted by Crippen LogP contribution is -2.21. The monoisotopic (exact) mass is 277 g/mol. The van der Waals surface area contributed by atoms with Gasteiger partial charge in [-0.15, -0.1) is 0 Å². The molecule has 0 fully saturated rings. The van der Waals surface area contributed by atoms with Gasteiger partial charge in [-0.05, 0) is 50.3 Å². The third-order valence-electron chi connectivity index (χ3n) is 3.50. The molecule has 0 radical (unpaired) electrons. The fourth-order valence-corrected chi connectivity index (χ4v) is 2.10. The van der Waals surface area contributed by atoms with Gasteiger partial charge < -0.3 is 10.1 Å². The number of benzene rings is 1. The van der Waals surface area contributed by atoms with E-state index in [-0.39, 0.29) is 5.41 Å². The Morgan fingerprint density at radius 2 is 1.65 bits per heavy atom. The summed E-state index contributed by atoms with van der Waals surface area (Å²) in [6, 6.07) is 9.36. The Morgan fingerprint density at radius 1 is 1.05 bits per heavy atom. The first kappa shape index (κ1) is 17.2. The van der Waals surface area contributed by atoms with Crippen LogP contribution in [0.4, 0.5) is 0 Å². The van der Waals surface area contributed by atoms with Crippen LogP contribution in [0, 0.1) is 0 Å². The molecule has 0 aliphatic rings. The van der Waals surface area contributed by atoms with E-state index >= 15 is 0 Å². The summed E-state index contributed by atoms with van der Waals surface area (Å²) in [6.45, 7) is 14.9. The number of ether oxygens (including phenoxy) is 1. The van der Waals surface area contributed by atoms with E-state index in [2.05, 4.69) is 71.1 Å². The van der Waals surface area contributed by atoms with Crippen LogP contribution in [0.1, 0.15) is 65.1 Å². The molecule has 1 aromatic carbocycles. The van der Waals surface area contributed by atoms with E-state index in [1.54, 1.807) is 0 Å². The van der Waals surface area contributed by atoms with Gasteiger partial charge >= 0.3 is 0 Å². The third-order valence-corrected chi connectivity index (χ3v) is 3.50. The number of rotatable bonds is 7. The summed E-state index contributed by atoms with van der Waals surface area (Å²) in [5.74, 6) is 0. The molecular weight excluding hydrogens is 246 g/mol. The predicted molar refractivity (Wildman–Crippen MR) is 87.3 cm³/mol. The maximum atomic E-state index is 5.54. The molecule has 0 aromatic heterocycles. The van der Waals surface area contributed by atoms with Crippen LogP contribution in [-0.4, -0.2) is 19.3 Å². The van der Waals surface area contributed by atoms with Crippen LogP contribution in [0.3, 0.4) is 0 Å². The van der Waals surface area contributed by atoms with E-state index < -0.39 is 0 Å². The van der Waals surface area contributed by atoms with Gasteiger partial charge in [0.1, 0.15) is 0 Å². The van der Waals surface area contributed by atoms with Crippen LogP contribution in [0.15, 0.2) is 24.3 Å². The Bertz CT molecular complexity index is 375. The second-order valence-electron chi connectivity index (χ2n) is 6.82. The third kappa shape index (κ3) is 6.06. The average molecular weight is 277 g/mol. The molecule has 1 N–H and O–H groups in total. The fraction of sp³-hybridized carbons (Fsp3) is 0.667. The number of hydrogen-bond donors (Lipinski definition) is 1. The lowest BCUT2D eigenvalue weighted by Gasteiger charge is -2.21. The molecule has 0 aliphatic heterocycles. The topological polar surface area (TPSA) is 21.3 Å². The SMILES string of the molecule is CC(C)OCCCNC(C)c1ccc(C(C)(C)C)cc1. The van der Waals surface area contributed by atoms with Gasteiger partial charge in [0, 0.05) is 12.6 Å². The van der Waals surface area contributed by atoms with Crippen LogP contribution < -0.4 is 5.32 Å². The van der Waals surface area contributed by atoms with Gasteiger partial charge in [-0.2, -0.15) is 0 Å². The quantitative estimate of drug-likeness (QED) is 0.743. The molecule has 1 aromatic rings. The molecule has 0 aliphatic carbocycles. The highest BCUT2D eigenvalue weighted by Gasteiger charge is 2.13. The summed E-state index contributed by atoms with van der Waals surface area (Å²) < 4.78 is 5.54. The van der Waals surface area contributed by atoms with Crippen molar-refractivity contribution >= 4 is 0 Å². The standard InChI is InChI=1S/C18H31NO/c1-14(2)20-13-7-12-19-15(3)16-8-10-17(11-9-16)18(4,5)6/h8-11,14-15,19H,7,12-13H2,1-6H3. The molecule has 20 heavy (non-hydrogen) atoms. The lowest BCUT2D eigenvalue weighted by molar-refractivity contribution is 0.0768. The van der Waals surface area contributed by atoms with Crippen molar-refractivity contribution in [3.63, 3.8) is 0 Å². The zero-order valence-corrected chi connectivity index (χ0v) is 14.0. The molecule has 2 heteroatoms. The zero-order valence-electron chi connectivity index (χ0n) is 14.0. The van der Waals surface area contributed by atoms with Gasteiger partial charge in [0.2, 0.25) is 0 Å². The molecule has 0 spiro atoms. The van der Waals surface area contributed by atoms with Gasteiger partial charge in [0.15, 0.2) is 0 Å². The van der Waals surface area contributed by atoms with Gasteiger partial charge in [-0.25, -0.2) is 0 Å². The number of hydrogen-bond acceptors (Lipinski definition) is 2. The van der Waals surface area contributed by atoms with Gasteiger partial charge in [0.25, 0.3) is 0 Å². The minimum Gasteiger partial charge on any atom is -0.379 e. The second kappa shape index (κ2) is 7.80. The summed E-state index contributed by atoms with van der Waals surface area (Å²) in [6.07, 6.45) is 1.39. The highest BCUT2D eigenvalue weighted by molar-refractivity contribution is 5.28. The summed E-state index contributed by atoms with van der Waals surface area (Å²) in [5, 5.41) is 3.55. The molecule has 0 saturated carbocycles. The van der Waals surface area contributed by atoms with Crippen molar-refractivity contribution in [1.82, 2.24) is 5.32 Å². The predicted octanol–water partition coefficient (Wildman–Crippen LogP) is 4.45. The maximum absolute atomic E-state index is 5.54. The molecule has 0 heterocycles. The Labute approximate surface area is 124 Å². The van der Waals surface area contributed by atoms with Crippen molar-refractivity contribution in [3.05, 3.63) is 35.4 Å². The van der Waals surface area contributed by atoms with Crippen LogP contribution in [0.2, 0.25) is 0 Å². The molecule has 0 bridgehead atoms. The van der Waals surface area contributed by atoms with E-state index in [1.165, 1.54) is 11.1 Å². The first-order valence-corrected chi connectivity index (χ1v) is 7.76. The van der Waals surface area contributed by atoms with Crippen molar-refractivity contribution in [2.24, 2.45) is 0 Å². The molecule has 2 nitrogen and oxygen atoms in total. The molecular formula is C18H31NO. The Kier molecular flexibility index (Phi) is 6.70. The van der Waals surface area contributed by atoms with Gasteiger partial charge in [0.05, 0.1) is 6.10 Å². The zero-order chi connectivity index (χ0) is 15.2. The summed E-state index contributed by atoms with van der Waals surface area (Å²) in [4.78, 5) is 0. The van der Waals surface area contributed by atoms with Crippen molar-refractivity contribution in [3.8, 4) is 0 Å². The van der Waals surface area contributed by atoms with Crippen molar-refractivity contribution < 1.29 is 4.74 Å². The van der Waals surface area contributed by atoms with Crippen molar-refractivity contribution in [1.29, 1.82) is 0 Å². The lowest BCUT2D eigenvalue weighted by atomic mass is 9.86. The molecule has 0 saturated heterocycles. The summed E-state index contributed by atoms with van der Waals surface area (Å²) in [5.41, 5.74) is 2.96. The van der Waals surface area contributed by atoms with Gasteiger partial charge in [-0.1, -0.05) is 45.0 Å². The minimum atomic E-state index is 0.226. The van der Waals surface area contributed by atoms with Crippen LogP contribution in [-0.2, 0) is 10.2 Å². The average Bonchev–Trinajstić information content (AvgIpc) is 2.37. The maximum Gasteiger partial charge on any atom is 0.0518 e. The molecule has 1 atom stereocenters. The first-order valence-electron chi connectivity index (χ1n) is 7.76. The Hall–Kier alpha value is -0.860. The van der Waals surface area contributed by atoms with Crippen LogP contribution in [0.5, 0.6) is 0 Å². The van der Waals surface area contributed by atoms with E-state index in [0.29, 0.717) is 12.1 Å². The fourth-order valence-electron chi connectivity index (χ4n) is 2.10. The van der Waals surface area contributed by atoms with Gasteiger partial charge in [-0.3, -0.25) is 0 Å². The van der Waals surface area contributed by atoms with Crippen LogP contribution >= 0.6 is 0 Å². The van der Waals surface area contributed by atoms with E-state index in [1.807, 2.05) is 0 Å². The first-order chi connectivity index (χ1) is 9.30. The Balaban J connectivity index is 2.38. The van der Waals surface area contributed by atoms with Crippen molar-refractivity contribution in [2.75, 3.05) is 13.2 Å². The molecule has 0 amide bonds. The smallest absolute Gasteiger partial charge is 0.0518 e. The van der Waals surface area contributed by atoms with E-state index in [0.717, 1.165) is 19.6 Å². The molecule has 1 unspecified atom stereocenters. The highest BCUT2D eigenvalue weighted by Crippen LogP contribution is 2.23. The second-order valence-corrected chi connectivity index (χ2v) is 6.82. The highest BCUT2D eigenvalue weighted by atomic mass is 16.5. The Morgan fingerprint density at radius 3 is 2.15 bits per heavy atom. The number of nitrogens with one attached hydrogen (secondary N) is 1. The summed E-state index contributed by atoms with van der Waals surface area (Å²) >= 11 is 0. The van der Waals surface area contributed by atoms with E-state index in [4.69, 9.17) is 4.74 Å².